The van der Waals surface area contributed by atoms with E-state index in [9.17, 15) is 4.79 Å². The Balaban J connectivity index is 1.55. The van der Waals surface area contributed by atoms with Crippen LogP contribution in [0.1, 0.15) is 16.2 Å². The summed E-state index contributed by atoms with van der Waals surface area (Å²) in [5, 5.41) is 2.91. The van der Waals surface area contributed by atoms with Crippen LogP contribution in [0.3, 0.4) is 0 Å². The Morgan fingerprint density at radius 2 is 1.88 bits per heavy atom. The lowest BCUT2D eigenvalue weighted by Gasteiger charge is -2.18. The van der Waals surface area contributed by atoms with Crippen molar-refractivity contribution in [1.29, 1.82) is 0 Å². The fraction of sp³-hybridized carbons (Fsp3) is 0.150. The number of hydrogen-bond donors (Lipinski definition) is 1. The fourth-order valence-corrected chi connectivity index (χ4v) is 2.76. The monoisotopic (exact) mass is 347 g/mol. The van der Waals surface area contributed by atoms with Crippen LogP contribution in [0.2, 0.25) is 0 Å². The van der Waals surface area contributed by atoms with Crippen molar-refractivity contribution < 1.29 is 14.3 Å². The molecule has 1 amide bonds. The minimum Gasteiger partial charge on any atom is -0.486 e. The van der Waals surface area contributed by atoms with Crippen LogP contribution in [0.25, 0.3) is 11.3 Å². The largest absolute Gasteiger partial charge is 0.486 e. The van der Waals surface area contributed by atoms with E-state index in [1.807, 2.05) is 37.3 Å². The Morgan fingerprint density at radius 1 is 1.04 bits per heavy atom. The molecule has 1 aliphatic heterocycles. The normalized spacial score (nSPS) is 12.5. The van der Waals surface area contributed by atoms with Crippen LogP contribution >= 0.6 is 0 Å². The topological polar surface area (TPSA) is 73.3 Å². The standard InChI is InChI=1S/C20H17N3O3/c1-13-21-8-7-17(22-13)14-3-2-4-16(11-14)23-20(24)15-5-6-18-19(12-15)26-10-9-25-18/h2-8,11-12H,9-10H2,1H3,(H,23,24). The zero-order valence-electron chi connectivity index (χ0n) is 14.2. The Kier molecular flexibility index (Phi) is 4.23. The first-order valence-corrected chi connectivity index (χ1v) is 8.30. The number of carbonyl (C=O) groups excluding carboxylic acids is 1. The van der Waals surface area contributed by atoms with Crippen LogP contribution < -0.4 is 14.8 Å². The van der Waals surface area contributed by atoms with E-state index in [0.717, 1.165) is 11.3 Å². The average molecular weight is 347 g/mol. The van der Waals surface area contributed by atoms with Crippen molar-refractivity contribution >= 4 is 11.6 Å². The molecule has 0 fully saturated rings. The fourth-order valence-electron chi connectivity index (χ4n) is 2.76. The third-order valence-corrected chi connectivity index (χ3v) is 4.00. The predicted molar refractivity (Wildman–Crippen MR) is 97.6 cm³/mol. The molecule has 0 unspecified atom stereocenters. The summed E-state index contributed by atoms with van der Waals surface area (Å²) in [5.41, 5.74) is 2.93. The number of rotatable bonds is 3. The molecule has 0 radical (unpaired) electrons. The zero-order valence-corrected chi connectivity index (χ0v) is 14.2. The summed E-state index contributed by atoms with van der Waals surface area (Å²) in [6.45, 7) is 2.85. The molecule has 6 nitrogen and oxygen atoms in total. The molecule has 4 rings (SSSR count). The van der Waals surface area contributed by atoms with Gasteiger partial charge in [-0.2, -0.15) is 0 Å². The van der Waals surface area contributed by atoms with Gasteiger partial charge in [0, 0.05) is 23.0 Å². The molecule has 26 heavy (non-hydrogen) atoms. The van der Waals surface area contributed by atoms with Crippen molar-refractivity contribution in [3.05, 3.63) is 66.1 Å². The van der Waals surface area contributed by atoms with E-state index in [1.54, 1.807) is 24.4 Å². The van der Waals surface area contributed by atoms with Crippen molar-refractivity contribution in [3.63, 3.8) is 0 Å². The summed E-state index contributed by atoms with van der Waals surface area (Å²) in [6, 6.07) is 14.6. The lowest BCUT2D eigenvalue weighted by Crippen LogP contribution is -2.17. The van der Waals surface area contributed by atoms with Gasteiger partial charge in [-0.15, -0.1) is 0 Å². The number of nitrogens with one attached hydrogen (secondary N) is 1. The highest BCUT2D eigenvalue weighted by Crippen LogP contribution is 2.31. The van der Waals surface area contributed by atoms with Crippen LogP contribution in [-0.2, 0) is 0 Å². The molecule has 2 heterocycles. The lowest BCUT2D eigenvalue weighted by atomic mass is 10.1. The molecule has 0 spiro atoms. The molecular weight excluding hydrogens is 330 g/mol. The van der Waals surface area contributed by atoms with E-state index < -0.39 is 0 Å². The summed E-state index contributed by atoms with van der Waals surface area (Å²) in [5.74, 6) is 1.74. The summed E-state index contributed by atoms with van der Waals surface area (Å²) in [6.07, 6.45) is 1.72. The van der Waals surface area contributed by atoms with Crippen LogP contribution in [0, 0.1) is 6.92 Å². The van der Waals surface area contributed by atoms with Gasteiger partial charge in [0.15, 0.2) is 11.5 Å². The summed E-state index contributed by atoms with van der Waals surface area (Å²) in [7, 11) is 0. The number of aryl methyl sites for hydroxylation is 1. The first-order valence-electron chi connectivity index (χ1n) is 8.30. The molecule has 0 saturated heterocycles. The highest BCUT2D eigenvalue weighted by molar-refractivity contribution is 6.04. The van der Waals surface area contributed by atoms with Crippen LogP contribution in [0.15, 0.2) is 54.7 Å². The van der Waals surface area contributed by atoms with Gasteiger partial charge in [-0.1, -0.05) is 12.1 Å². The van der Waals surface area contributed by atoms with Gasteiger partial charge in [-0.3, -0.25) is 4.79 Å². The molecule has 3 aromatic rings. The number of anilines is 1. The summed E-state index contributed by atoms with van der Waals surface area (Å²) in [4.78, 5) is 21.1. The highest BCUT2D eigenvalue weighted by atomic mass is 16.6. The van der Waals surface area contributed by atoms with Crippen molar-refractivity contribution in [2.24, 2.45) is 0 Å². The quantitative estimate of drug-likeness (QED) is 0.785. The molecule has 2 aromatic carbocycles. The number of hydrogen-bond acceptors (Lipinski definition) is 5. The molecule has 0 bridgehead atoms. The SMILES string of the molecule is Cc1nccc(-c2cccc(NC(=O)c3ccc4c(c3)OCCO4)c2)n1. The molecule has 0 saturated carbocycles. The number of carbonyl (C=O) groups is 1. The van der Waals surface area contributed by atoms with Gasteiger partial charge < -0.3 is 14.8 Å². The Labute approximate surface area is 150 Å². The molecule has 0 atom stereocenters. The number of nitrogens with zero attached hydrogens (tertiary/aromatic N) is 2. The van der Waals surface area contributed by atoms with Crippen LogP contribution in [-0.4, -0.2) is 29.1 Å². The van der Waals surface area contributed by atoms with Gasteiger partial charge in [-0.25, -0.2) is 9.97 Å². The van der Waals surface area contributed by atoms with Crippen LogP contribution in [0.4, 0.5) is 5.69 Å². The maximum atomic E-state index is 12.6. The zero-order chi connectivity index (χ0) is 17.9. The third kappa shape index (κ3) is 3.35. The van der Waals surface area contributed by atoms with E-state index in [-0.39, 0.29) is 5.91 Å². The van der Waals surface area contributed by atoms with E-state index in [1.165, 1.54) is 0 Å². The third-order valence-electron chi connectivity index (χ3n) is 4.00. The molecule has 1 aromatic heterocycles. The number of benzene rings is 2. The molecule has 0 aliphatic carbocycles. The first kappa shape index (κ1) is 16.1. The van der Waals surface area contributed by atoms with Crippen LogP contribution in [0.5, 0.6) is 11.5 Å². The molecule has 130 valence electrons. The minimum atomic E-state index is -0.210. The van der Waals surface area contributed by atoms with Crippen molar-refractivity contribution in [2.75, 3.05) is 18.5 Å². The summed E-state index contributed by atoms with van der Waals surface area (Å²) >= 11 is 0. The van der Waals surface area contributed by atoms with Crippen molar-refractivity contribution in [3.8, 4) is 22.8 Å². The van der Waals surface area contributed by atoms with E-state index in [2.05, 4.69) is 15.3 Å². The lowest BCUT2D eigenvalue weighted by molar-refractivity contribution is 0.102. The smallest absolute Gasteiger partial charge is 0.255 e. The van der Waals surface area contributed by atoms with Crippen molar-refractivity contribution in [2.45, 2.75) is 6.92 Å². The van der Waals surface area contributed by atoms with Gasteiger partial charge in [0.25, 0.3) is 5.91 Å². The molecular formula is C20H17N3O3. The number of fused-ring (bicyclic) bond motifs is 1. The maximum Gasteiger partial charge on any atom is 0.255 e. The Morgan fingerprint density at radius 3 is 2.73 bits per heavy atom. The maximum absolute atomic E-state index is 12.6. The predicted octanol–water partition coefficient (Wildman–Crippen LogP) is 3.48. The number of amides is 1. The van der Waals surface area contributed by atoms with Gasteiger partial charge in [0.1, 0.15) is 19.0 Å². The van der Waals surface area contributed by atoms with Gasteiger partial charge in [-0.05, 0) is 43.3 Å². The molecule has 1 N–H and O–H groups in total. The minimum absolute atomic E-state index is 0.210. The van der Waals surface area contributed by atoms with Gasteiger partial charge in [0.05, 0.1) is 5.69 Å². The second kappa shape index (κ2) is 6.84. The van der Waals surface area contributed by atoms with Gasteiger partial charge >= 0.3 is 0 Å². The summed E-state index contributed by atoms with van der Waals surface area (Å²) < 4.78 is 11.0. The average Bonchev–Trinajstić information content (AvgIpc) is 2.68. The second-order valence-corrected chi connectivity index (χ2v) is 5.88. The molecule has 6 heteroatoms. The highest BCUT2D eigenvalue weighted by Gasteiger charge is 2.15. The Hall–Kier alpha value is -3.41. The number of ether oxygens (including phenoxy) is 2. The van der Waals surface area contributed by atoms with Gasteiger partial charge in [0.2, 0.25) is 0 Å². The second-order valence-electron chi connectivity index (χ2n) is 5.88. The van der Waals surface area contributed by atoms with E-state index in [4.69, 9.17) is 9.47 Å². The van der Waals surface area contributed by atoms with E-state index >= 15 is 0 Å². The number of aromatic nitrogens is 2. The van der Waals surface area contributed by atoms with E-state index in [0.29, 0.717) is 41.8 Å². The molecule has 1 aliphatic rings. The Bertz CT molecular complexity index is 972. The first-order chi connectivity index (χ1) is 12.7. The van der Waals surface area contributed by atoms with Crippen molar-refractivity contribution in [1.82, 2.24) is 9.97 Å².